The summed E-state index contributed by atoms with van der Waals surface area (Å²) in [6.45, 7) is 0. The zero-order chi connectivity index (χ0) is 8.84. The largest absolute Gasteiger partial charge is 0.327 e. The van der Waals surface area contributed by atoms with Gasteiger partial charge in [0.1, 0.15) is 0 Å². The van der Waals surface area contributed by atoms with Crippen LogP contribution in [0, 0.1) is 0 Å². The van der Waals surface area contributed by atoms with Crippen molar-refractivity contribution < 1.29 is 0 Å². The first-order valence-electron chi connectivity index (χ1n) is 5.06. The van der Waals surface area contributed by atoms with Gasteiger partial charge < -0.3 is 5.73 Å². The van der Waals surface area contributed by atoms with E-state index in [0.29, 0.717) is 12.0 Å². The molecule has 0 bridgehead atoms. The summed E-state index contributed by atoms with van der Waals surface area (Å²) in [5.41, 5.74) is 5.93. The summed E-state index contributed by atoms with van der Waals surface area (Å²) < 4.78 is 0. The number of nitrogens with two attached hydrogens (primary N) is 1. The molecule has 1 heterocycles. The summed E-state index contributed by atoms with van der Waals surface area (Å²) in [4.78, 5) is 5.91. The average molecular weight is 194 g/mol. The average Bonchev–Trinajstić information content (AvgIpc) is 2.86. The quantitative estimate of drug-likeness (QED) is 0.784. The van der Waals surface area contributed by atoms with Crippen LogP contribution in [-0.4, -0.2) is 11.0 Å². The fourth-order valence-electron chi connectivity index (χ4n) is 1.87. The lowest BCUT2D eigenvalue weighted by molar-refractivity contribution is 0.351. The molecule has 2 saturated carbocycles. The molecule has 70 valence electrons. The van der Waals surface area contributed by atoms with E-state index >= 15 is 0 Å². The Bertz CT molecular complexity index is 316. The third kappa shape index (κ3) is 1.30. The van der Waals surface area contributed by atoms with Crippen LogP contribution in [0.25, 0.3) is 0 Å². The van der Waals surface area contributed by atoms with Gasteiger partial charge in [-0.05, 0) is 25.7 Å². The molecule has 2 aliphatic carbocycles. The lowest BCUT2D eigenvalue weighted by Gasteiger charge is -2.32. The zero-order valence-corrected chi connectivity index (χ0v) is 8.39. The van der Waals surface area contributed by atoms with Crippen LogP contribution in [0.4, 0.5) is 0 Å². The van der Waals surface area contributed by atoms with E-state index in [2.05, 4.69) is 11.2 Å². The van der Waals surface area contributed by atoms with Crippen molar-refractivity contribution in [1.29, 1.82) is 0 Å². The van der Waals surface area contributed by atoms with E-state index in [1.165, 1.54) is 35.6 Å². The minimum atomic E-state index is 0.410. The Kier molecular flexibility index (Phi) is 1.70. The van der Waals surface area contributed by atoms with E-state index in [-0.39, 0.29) is 0 Å². The maximum Gasteiger partial charge on any atom is 0.0958 e. The second-order valence-corrected chi connectivity index (χ2v) is 5.32. The maximum atomic E-state index is 5.93. The van der Waals surface area contributed by atoms with Crippen molar-refractivity contribution in [3.05, 3.63) is 16.1 Å². The van der Waals surface area contributed by atoms with Crippen molar-refractivity contribution >= 4 is 11.3 Å². The molecule has 2 N–H and O–H groups in total. The van der Waals surface area contributed by atoms with E-state index in [9.17, 15) is 0 Å². The van der Waals surface area contributed by atoms with E-state index < -0.39 is 0 Å². The van der Waals surface area contributed by atoms with Crippen LogP contribution in [0.5, 0.6) is 0 Å². The van der Waals surface area contributed by atoms with Crippen molar-refractivity contribution in [3.8, 4) is 0 Å². The number of rotatable bonds is 2. The molecular formula is C10H14N2S. The summed E-state index contributed by atoms with van der Waals surface area (Å²) in [6, 6.07) is 0.410. The Labute approximate surface area is 82.2 Å². The molecule has 2 atom stereocenters. The number of aromatic nitrogens is 1. The number of nitrogens with zero attached hydrogens (tertiary/aromatic N) is 1. The van der Waals surface area contributed by atoms with Crippen LogP contribution in [0.2, 0.25) is 0 Å². The van der Waals surface area contributed by atoms with Gasteiger partial charge >= 0.3 is 0 Å². The highest BCUT2D eigenvalue weighted by atomic mass is 32.1. The lowest BCUT2D eigenvalue weighted by Crippen LogP contribution is -2.36. The van der Waals surface area contributed by atoms with Crippen molar-refractivity contribution in [2.45, 2.75) is 43.6 Å². The first-order valence-corrected chi connectivity index (χ1v) is 5.87. The van der Waals surface area contributed by atoms with Crippen LogP contribution in [0.15, 0.2) is 6.20 Å². The van der Waals surface area contributed by atoms with Gasteiger partial charge in [-0.25, -0.2) is 4.98 Å². The molecule has 3 rings (SSSR count). The molecule has 13 heavy (non-hydrogen) atoms. The molecule has 0 amide bonds. The van der Waals surface area contributed by atoms with Crippen LogP contribution >= 0.6 is 11.3 Å². The molecule has 2 unspecified atom stereocenters. The Balaban J connectivity index is 1.80. The molecule has 0 aliphatic heterocycles. The van der Waals surface area contributed by atoms with Gasteiger partial charge in [0.2, 0.25) is 0 Å². The number of hydrogen-bond acceptors (Lipinski definition) is 3. The first-order chi connectivity index (χ1) is 6.34. The van der Waals surface area contributed by atoms with Gasteiger partial charge in [0.15, 0.2) is 0 Å². The lowest BCUT2D eigenvalue weighted by atomic mass is 9.79. The van der Waals surface area contributed by atoms with Gasteiger partial charge in [-0.1, -0.05) is 0 Å². The summed E-state index contributed by atoms with van der Waals surface area (Å²) >= 11 is 1.90. The fourth-order valence-corrected chi connectivity index (χ4v) is 3.17. The summed E-state index contributed by atoms with van der Waals surface area (Å²) in [5.74, 6) is 1.43. The Morgan fingerprint density at radius 1 is 1.31 bits per heavy atom. The molecule has 2 aliphatic rings. The molecule has 1 aromatic rings. The molecule has 1 aromatic heterocycles. The van der Waals surface area contributed by atoms with Crippen LogP contribution < -0.4 is 5.73 Å². The van der Waals surface area contributed by atoms with Gasteiger partial charge in [-0.3, -0.25) is 0 Å². The van der Waals surface area contributed by atoms with Gasteiger partial charge in [0.25, 0.3) is 0 Å². The number of hydrogen-bond donors (Lipinski definition) is 1. The molecule has 3 heteroatoms. The molecule has 0 spiro atoms. The minimum absolute atomic E-state index is 0.410. The Morgan fingerprint density at radius 3 is 2.69 bits per heavy atom. The summed E-state index contributed by atoms with van der Waals surface area (Å²) in [7, 11) is 0. The van der Waals surface area contributed by atoms with E-state index in [4.69, 9.17) is 5.73 Å². The van der Waals surface area contributed by atoms with Crippen molar-refractivity contribution in [2.24, 2.45) is 5.73 Å². The third-order valence-corrected chi connectivity index (χ3v) is 4.45. The number of thiazole rings is 1. The standard InChI is InChI=1S/C10H14N2S/c11-8-4-3-7(8)9-5-12-10(13-9)6-1-2-6/h5-8H,1-4,11H2. The topological polar surface area (TPSA) is 38.9 Å². The highest BCUT2D eigenvalue weighted by molar-refractivity contribution is 7.11. The second-order valence-electron chi connectivity index (χ2n) is 4.22. The van der Waals surface area contributed by atoms with Crippen molar-refractivity contribution in [1.82, 2.24) is 4.98 Å². The maximum absolute atomic E-state index is 5.93. The molecule has 0 saturated heterocycles. The van der Waals surface area contributed by atoms with Gasteiger partial charge in [0.05, 0.1) is 5.01 Å². The van der Waals surface area contributed by atoms with Crippen LogP contribution in [0.3, 0.4) is 0 Å². The highest BCUT2D eigenvalue weighted by Gasteiger charge is 2.32. The summed E-state index contributed by atoms with van der Waals surface area (Å²) in [6.07, 6.45) is 7.23. The monoisotopic (exact) mass is 194 g/mol. The Hall–Kier alpha value is -0.410. The Morgan fingerprint density at radius 2 is 2.15 bits per heavy atom. The van der Waals surface area contributed by atoms with E-state index in [0.717, 1.165) is 5.92 Å². The van der Waals surface area contributed by atoms with Crippen LogP contribution in [0.1, 0.15) is 47.4 Å². The molecule has 2 fully saturated rings. The predicted molar refractivity (Wildman–Crippen MR) is 54.0 cm³/mol. The van der Waals surface area contributed by atoms with Gasteiger partial charge in [-0.15, -0.1) is 11.3 Å². The van der Waals surface area contributed by atoms with Gasteiger partial charge in [0, 0.05) is 29.0 Å². The van der Waals surface area contributed by atoms with Crippen molar-refractivity contribution in [3.63, 3.8) is 0 Å². The predicted octanol–water partition coefficient (Wildman–Crippen LogP) is 2.23. The SMILES string of the molecule is NC1CCC1c1cnc(C2CC2)s1. The zero-order valence-electron chi connectivity index (χ0n) is 7.57. The van der Waals surface area contributed by atoms with Crippen LogP contribution in [-0.2, 0) is 0 Å². The third-order valence-electron chi connectivity index (χ3n) is 3.16. The second kappa shape index (κ2) is 2.79. The van der Waals surface area contributed by atoms with Crippen molar-refractivity contribution in [2.75, 3.05) is 0 Å². The first kappa shape index (κ1) is 7.94. The molecule has 2 nitrogen and oxygen atoms in total. The smallest absolute Gasteiger partial charge is 0.0958 e. The normalized spacial score (nSPS) is 33.0. The van der Waals surface area contributed by atoms with E-state index in [1.54, 1.807) is 0 Å². The minimum Gasteiger partial charge on any atom is -0.327 e. The van der Waals surface area contributed by atoms with E-state index in [1.807, 2.05) is 11.3 Å². The molecular weight excluding hydrogens is 180 g/mol. The highest BCUT2D eigenvalue weighted by Crippen LogP contribution is 2.45. The molecule has 0 aromatic carbocycles. The summed E-state index contributed by atoms with van der Waals surface area (Å²) in [5, 5.41) is 1.36. The molecule has 0 radical (unpaired) electrons. The fraction of sp³-hybridized carbons (Fsp3) is 0.700. The van der Waals surface area contributed by atoms with Gasteiger partial charge in [-0.2, -0.15) is 0 Å².